The molecule has 1 aromatic carbocycles. The maximum Gasteiger partial charge on any atom is 0.247 e. The van der Waals surface area contributed by atoms with Crippen LogP contribution < -0.4 is 4.90 Å². The van der Waals surface area contributed by atoms with E-state index in [9.17, 15) is 0 Å². The monoisotopic (exact) mass is 417 g/mol. The second kappa shape index (κ2) is 6.87. The summed E-state index contributed by atoms with van der Waals surface area (Å²) >= 11 is 1.78. The first kappa shape index (κ1) is 18.0. The summed E-state index contributed by atoms with van der Waals surface area (Å²) in [7, 11) is 0. The lowest BCUT2D eigenvalue weighted by Crippen LogP contribution is -2.35. The molecule has 30 heavy (non-hydrogen) atoms. The van der Waals surface area contributed by atoms with Crippen molar-refractivity contribution in [1.82, 2.24) is 20.2 Å². The largest absolute Gasteiger partial charge is 0.420 e. The average Bonchev–Trinajstić information content (AvgIpc) is 3.15. The summed E-state index contributed by atoms with van der Waals surface area (Å²) in [6.45, 7) is 4.22. The molecule has 1 aliphatic carbocycles. The number of anilines is 1. The van der Waals surface area contributed by atoms with E-state index < -0.39 is 0 Å². The number of hydrogen-bond donors (Lipinski definition) is 0. The Morgan fingerprint density at radius 1 is 1.13 bits per heavy atom. The molecule has 4 aromatic rings. The molecule has 0 amide bonds. The van der Waals surface area contributed by atoms with E-state index in [1.807, 2.05) is 30.3 Å². The van der Waals surface area contributed by atoms with Gasteiger partial charge in [-0.3, -0.25) is 0 Å². The summed E-state index contributed by atoms with van der Waals surface area (Å²) in [5.41, 5.74) is 1.29. The van der Waals surface area contributed by atoms with E-state index in [2.05, 4.69) is 38.1 Å². The Morgan fingerprint density at radius 3 is 2.77 bits per heavy atom. The molecule has 1 saturated heterocycles. The Hall–Kier alpha value is -2.80. The van der Waals surface area contributed by atoms with Gasteiger partial charge in [-0.15, -0.1) is 21.5 Å². The number of nitrogens with zero attached hydrogens (tertiary/aromatic N) is 5. The molecule has 7 heteroatoms. The van der Waals surface area contributed by atoms with Crippen LogP contribution in [-0.2, 0) is 6.42 Å². The van der Waals surface area contributed by atoms with Gasteiger partial charge in [-0.2, -0.15) is 0 Å². The van der Waals surface area contributed by atoms with E-state index in [4.69, 9.17) is 4.42 Å². The molecule has 2 fully saturated rings. The van der Waals surface area contributed by atoms with E-state index >= 15 is 0 Å². The third-order valence-corrected chi connectivity index (χ3v) is 7.90. The first-order valence-corrected chi connectivity index (χ1v) is 11.4. The summed E-state index contributed by atoms with van der Waals surface area (Å²) in [4.78, 5) is 14.0. The lowest BCUT2D eigenvalue weighted by atomic mass is 9.90. The molecular weight excluding hydrogens is 394 g/mol. The molecule has 0 unspecified atom stereocenters. The van der Waals surface area contributed by atoms with Gasteiger partial charge in [0.15, 0.2) is 0 Å². The van der Waals surface area contributed by atoms with Gasteiger partial charge in [-0.1, -0.05) is 25.1 Å². The minimum absolute atomic E-state index is 0.312. The van der Waals surface area contributed by atoms with Crippen molar-refractivity contribution in [2.24, 2.45) is 5.41 Å². The molecular formula is C23H23N5OS. The third-order valence-electron chi connectivity index (χ3n) is 6.72. The quantitative estimate of drug-likeness (QED) is 0.461. The van der Waals surface area contributed by atoms with Crippen LogP contribution in [-0.4, -0.2) is 33.3 Å². The number of benzene rings is 1. The van der Waals surface area contributed by atoms with Crippen molar-refractivity contribution in [2.45, 2.75) is 38.5 Å². The van der Waals surface area contributed by atoms with Crippen molar-refractivity contribution >= 4 is 27.4 Å². The summed E-state index contributed by atoms with van der Waals surface area (Å²) in [5, 5.41) is 9.88. The van der Waals surface area contributed by atoms with Crippen LogP contribution in [0.2, 0.25) is 0 Å². The van der Waals surface area contributed by atoms with E-state index in [0.29, 0.717) is 17.2 Å². The highest BCUT2D eigenvalue weighted by atomic mass is 32.1. The predicted molar refractivity (Wildman–Crippen MR) is 118 cm³/mol. The molecule has 1 aliphatic heterocycles. The Balaban J connectivity index is 1.18. The molecule has 152 valence electrons. The van der Waals surface area contributed by atoms with Crippen LogP contribution in [0.25, 0.3) is 21.7 Å². The van der Waals surface area contributed by atoms with E-state index in [1.54, 1.807) is 17.7 Å². The molecule has 1 atom stereocenters. The van der Waals surface area contributed by atoms with Crippen LogP contribution in [0.3, 0.4) is 0 Å². The van der Waals surface area contributed by atoms with Crippen LogP contribution >= 0.6 is 11.3 Å². The second-order valence-corrected chi connectivity index (χ2v) is 9.52. The zero-order valence-corrected chi connectivity index (χ0v) is 17.7. The predicted octanol–water partition coefficient (Wildman–Crippen LogP) is 5.08. The van der Waals surface area contributed by atoms with Gasteiger partial charge in [0.1, 0.15) is 17.0 Å². The molecule has 0 radical (unpaired) electrons. The first-order chi connectivity index (χ1) is 14.8. The molecule has 4 heterocycles. The number of aromatic nitrogens is 4. The Labute approximate surface area is 179 Å². The fourth-order valence-electron chi connectivity index (χ4n) is 4.81. The number of rotatable bonds is 4. The lowest BCUT2D eigenvalue weighted by Gasteiger charge is -2.33. The van der Waals surface area contributed by atoms with Crippen molar-refractivity contribution in [3.63, 3.8) is 0 Å². The number of fused-ring (bicyclic) bond motifs is 1. The molecule has 0 N–H and O–H groups in total. The highest BCUT2D eigenvalue weighted by Crippen LogP contribution is 2.64. The highest BCUT2D eigenvalue weighted by Gasteiger charge is 2.58. The minimum atomic E-state index is 0.312. The fourth-order valence-corrected chi connectivity index (χ4v) is 5.73. The number of hydrogen-bond acceptors (Lipinski definition) is 7. The van der Waals surface area contributed by atoms with Crippen molar-refractivity contribution in [2.75, 3.05) is 18.0 Å². The van der Waals surface area contributed by atoms with Crippen molar-refractivity contribution in [1.29, 1.82) is 0 Å². The summed E-state index contributed by atoms with van der Waals surface area (Å²) in [6.07, 6.45) is 6.17. The van der Waals surface area contributed by atoms with Gasteiger partial charge in [0.25, 0.3) is 0 Å². The summed E-state index contributed by atoms with van der Waals surface area (Å²) in [5.74, 6) is 2.91. The lowest BCUT2D eigenvalue weighted by molar-refractivity contribution is 0.352. The summed E-state index contributed by atoms with van der Waals surface area (Å²) < 4.78 is 6.05. The third kappa shape index (κ3) is 2.91. The van der Waals surface area contributed by atoms with Gasteiger partial charge in [0.2, 0.25) is 11.8 Å². The average molecular weight is 418 g/mol. The zero-order chi connectivity index (χ0) is 20.1. The van der Waals surface area contributed by atoms with Crippen LogP contribution in [0.15, 0.2) is 47.1 Å². The topological polar surface area (TPSA) is 67.9 Å². The normalized spacial score (nSPS) is 20.2. The Morgan fingerprint density at radius 2 is 1.97 bits per heavy atom. The van der Waals surface area contributed by atoms with Crippen LogP contribution in [0, 0.1) is 5.41 Å². The maximum atomic E-state index is 6.05. The molecule has 6 nitrogen and oxygen atoms in total. The van der Waals surface area contributed by atoms with Gasteiger partial charge in [0, 0.05) is 29.4 Å². The zero-order valence-electron chi connectivity index (χ0n) is 16.9. The summed E-state index contributed by atoms with van der Waals surface area (Å²) in [6, 6.07) is 12.3. The Kier molecular flexibility index (Phi) is 4.13. The molecule has 3 aromatic heterocycles. The SMILES string of the molecule is CCc1cc2c(N3CCC4(CC3)C[C@H]4c3nnc(-c4ccccc4)o3)ncnc2s1. The molecule has 1 spiro atoms. The van der Waals surface area contributed by atoms with Gasteiger partial charge < -0.3 is 9.32 Å². The van der Waals surface area contributed by atoms with Gasteiger partial charge >= 0.3 is 0 Å². The van der Waals surface area contributed by atoms with Crippen LogP contribution in [0.5, 0.6) is 0 Å². The maximum absolute atomic E-state index is 6.05. The Bertz CT molecular complexity index is 1190. The van der Waals surface area contributed by atoms with Crippen molar-refractivity contribution in [3.8, 4) is 11.5 Å². The number of aryl methyl sites for hydroxylation is 1. The van der Waals surface area contributed by atoms with Crippen LogP contribution in [0.1, 0.15) is 42.9 Å². The molecule has 6 rings (SSSR count). The smallest absolute Gasteiger partial charge is 0.247 e. The van der Waals surface area contributed by atoms with Gasteiger partial charge in [0.05, 0.1) is 5.39 Å². The van der Waals surface area contributed by atoms with E-state index in [0.717, 1.165) is 60.9 Å². The fraction of sp³-hybridized carbons (Fsp3) is 0.391. The van der Waals surface area contributed by atoms with Crippen LogP contribution in [0.4, 0.5) is 5.82 Å². The van der Waals surface area contributed by atoms with Gasteiger partial charge in [-0.25, -0.2) is 9.97 Å². The van der Waals surface area contributed by atoms with E-state index in [-0.39, 0.29) is 0 Å². The van der Waals surface area contributed by atoms with Crippen molar-refractivity contribution in [3.05, 3.63) is 53.5 Å². The first-order valence-electron chi connectivity index (χ1n) is 10.6. The molecule has 2 aliphatic rings. The minimum Gasteiger partial charge on any atom is -0.420 e. The van der Waals surface area contributed by atoms with Gasteiger partial charge in [-0.05, 0) is 49.3 Å². The number of piperidine rings is 1. The van der Waals surface area contributed by atoms with Crippen molar-refractivity contribution < 1.29 is 4.42 Å². The number of thiophene rings is 1. The molecule has 0 bridgehead atoms. The highest BCUT2D eigenvalue weighted by molar-refractivity contribution is 7.18. The standard InChI is InChI=1S/C23H23N5OS/c1-2-16-12-17-19(24-14-25-22(17)30-16)28-10-8-23(9-11-28)13-18(23)21-27-26-20(29-21)15-6-4-3-5-7-15/h3-7,12,14,18H,2,8-11,13H2,1H3/t18-/m0/s1. The molecule has 1 saturated carbocycles. The second-order valence-electron chi connectivity index (χ2n) is 8.40. The van der Waals surface area contributed by atoms with E-state index in [1.165, 1.54) is 10.3 Å².